The summed E-state index contributed by atoms with van der Waals surface area (Å²) in [4.78, 5) is 26.2. The molecule has 1 saturated heterocycles. The summed E-state index contributed by atoms with van der Waals surface area (Å²) in [5, 5.41) is 2.65. The van der Waals surface area contributed by atoms with Gasteiger partial charge in [0.05, 0.1) is 25.1 Å². The molecule has 1 unspecified atom stereocenters. The van der Waals surface area contributed by atoms with Crippen LogP contribution in [0.15, 0.2) is 48.5 Å². The molecule has 0 saturated carbocycles. The topological polar surface area (TPSA) is 67.9 Å². The number of amides is 2. The monoisotopic (exact) mass is 446 g/mol. The molecule has 3 rings (SSSR count). The minimum absolute atomic E-state index is 0.0397. The van der Waals surface area contributed by atoms with Crippen LogP contribution in [-0.2, 0) is 15.8 Å². The molecule has 1 heterocycles. The molecule has 0 radical (unpaired) electrons. The maximum absolute atomic E-state index is 12.7. The van der Waals surface area contributed by atoms with Crippen LogP contribution in [0, 0.1) is 17.8 Å². The van der Waals surface area contributed by atoms with Crippen LogP contribution in [-0.4, -0.2) is 38.6 Å². The molecule has 1 atom stereocenters. The predicted molar refractivity (Wildman–Crippen MR) is 111 cm³/mol. The summed E-state index contributed by atoms with van der Waals surface area (Å²) in [6.45, 7) is 0.186. The molecule has 32 heavy (non-hydrogen) atoms. The van der Waals surface area contributed by atoms with E-state index in [1.54, 1.807) is 36.3 Å². The number of benzene rings is 2. The van der Waals surface area contributed by atoms with Crippen LogP contribution in [0.1, 0.15) is 12.0 Å². The van der Waals surface area contributed by atoms with E-state index in [1.165, 1.54) is 12.1 Å². The van der Waals surface area contributed by atoms with Crippen molar-refractivity contribution in [1.82, 2.24) is 5.32 Å². The fraction of sp³-hybridized carbons (Fsp3) is 0.304. The Labute approximate surface area is 183 Å². The van der Waals surface area contributed by atoms with Crippen LogP contribution in [0.2, 0.25) is 0 Å². The van der Waals surface area contributed by atoms with Gasteiger partial charge in [0.25, 0.3) is 0 Å². The van der Waals surface area contributed by atoms with E-state index in [0.717, 1.165) is 12.1 Å². The van der Waals surface area contributed by atoms with Crippen molar-refractivity contribution in [1.29, 1.82) is 0 Å². The van der Waals surface area contributed by atoms with Gasteiger partial charge < -0.3 is 19.7 Å². The number of rotatable bonds is 6. The molecule has 2 aromatic rings. The first kappa shape index (κ1) is 23.0. The zero-order chi connectivity index (χ0) is 23.1. The summed E-state index contributed by atoms with van der Waals surface area (Å²) >= 11 is 0. The van der Waals surface area contributed by atoms with E-state index in [0.29, 0.717) is 11.4 Å². The maximum atomic E-state index is 12.7. The second kappa shape index (κ2) is 10.1. The molecule has 6 nitrogen and oxygen atoms in total. The summed E-state index contributed by atoms with van der Waals surface area (Å²) < 4.78 is 48.3. The first-order valence-electron chi connectivity index (χ1n) is 9.76. The van der Waals surface area contributed by atoms with E-state index in [2.05, 4.69) is 17.2 Å². The van der Waals surface area contributed by atoms with Crippen molar-refractivity contribution in [2.45, 2.75) is 12.6 Å². The van der Waals surface area contributed by atoms with Gasteiger partial charge in [-0.1, -0.05) is 17.9 Å². The largest absolute Gasteiger partial charge is 0.497 e. The number of anilines is 1. The van der Waals surface area contributed by atoms with Gasteiger partial charge in [0, 0.05) is 18.7 Å². The summed E-state index contributed by atoms with van der Waals surface area (Å²) in [5.74, 6) is 5.12. The first-order valence-corrected chi connectivity index (χ1v) is 9.76. The van der Waals surface area contributed by atoms with Gasteiger partial charge in [-0.05, 0) is 42.5 Å². The van der Waals surface area contributed by atoms with Crippen LogP contribution in [0.25, 0.3) is 0 Å². The number of carbonyl (C=O) groups is 2. The zero-order valence-corrected chi connectivity index (χ0v) is 17.2. The van der Waals surface area contributed by atoms with Gasteiger partial charge in [-0.2, -0.15) is 13.2 Å². The lowest BCUT2D eigenvalue weighted by atomic mass is 10.1. The lowest BCUT2D eigenvalue weighted by Crippen LogP contribution is -2.33. The van der Waals surface area contributed by atoms with E-state index in [-0.39, 0.29) is 43.7 Å². The summed E-state index contributed by atoms with van der Waals surface area (Å²) in [6.07, 6.45) is -4.34. The second-order valence-corrected chi connectivity index (χ2v) is 6.99. The summed E-state index contributed by atoms with van der Waals surface area (Å²) in [5.41, 5.74) is -0.109. The third-order valence-corrected chi connectivity index (χ3v) is 4.83. The van der Waals surface area contributed by atoms with E-state index < -0.39 is 17.7 Å². The smallest absolute Gasteiger partial charge is 0.416 e. The zero-order valence-electron chi connectivity index (χ0n) is 17.2. The Morgan fingerprint density at radius 3 is 2.59 bits per heavy atom. The third-order valence-electron chi connectivity index (χ3n) is 4.83. The van der Waals surface area contributed by atoms with Crippen molar-refractivity contribution < 1.29 is 32.2 Å². The highest BCUT2D eigenvalue weighted by molar-refractivity contribution is 6.00. The lowest BCUT2D eigenvalue weighted by molar-refractivity contribution is -0.137. The molecular weight excluding hydrogens is 425 g/mol. The normalized spacial score (nSPS) is 15.7. The highest BCUT2D eigenvalue weighted by Gasteiger charge is 2.35. The Bertz CT molecular complexity index is 1030. The van der Waals surface area contributed by atoms with Gasteiger partial charge in [0.1, 0.15) is 18.1 Å². The van der Waals surface area contributed by atoms with E-state index in [1.807, 2.05) is 0 Å². The van der Waals surface area contributed by atoms with Gasteiger partial charge >= 0.3 is 6.18 Å². The van der Waals surface area contributed by atoms with Crippen molar-refractivity contribution in [3.05, 3.63) is 54.1 Å². The fourth-order valence-electron chi connectivity index (χ4n) is 3.17. The predicted octanol–water partition coefficient (Wildman–Crippen LogP) is 3.27. The number of halogens is 3. The molecule has 0 aromatic heterocycles. The highest BCUT2D eigenvalue weighted by atomic mass is 19.4. The van der Waals surface area contributed by atoms with Gasteiger partial charge in [-0.15, -0.1) is 0 Å². The molecule has 2 amide bonds. The summed E-state index contributed by atoms with van der Waals surface area (Å²) in [7, 11) is 1.55. The molecule has 2 aromatic carbocycles. The Kier molecular flexibility index (Phi) is 7.25. The molecule has 168 valence electrons. The van der Waals surface area contributed by atoms with E-state index >= 15 is 0 Å². The first-order chi connectivity index (χ1) is 15.3. The number of nitrogens with zero attached hydrogens (tertiary/aromatic N) is 1. The molecule has 0 spiro atoms. The van der Waals surface area contributed by atoms with Gasteiger partial charge in [0.15, 0.2) is 0 Å². The van der Waals surface area contributed by atoms with Crippen LogP contribution in [0.4, 0.5) is 18.9 Å². The molecule has 1 fully saturated rings. The second-order valence-electron chi connectivity index (χ2n) is 6.99. The highest BCUT2D eigenvalue weighted by Crippen LogP contribution is 2.31. The Morgan fingerprint density at radius 2 is 1.91 bits per heavy atom. The minimum atomic E-state index is -4.44. The average Bonchev–Trinajstić information content (AvgIpc) is 3.17. The molecule has 1 N–H and O–H groups in total. The van der Waals surface area contributed by atoms with Gasteiger partial charge in [-0.3, -0.25) is 9.59 Å². The van der Waals surface area contributed by atoms with Crippen LogP contribution >= 0.6 is 0 Å². The van der Waals surface area contributed by atoms with Gasteiger partial charge in [0.2, 0.25) is 11.8 Å². The number of alkyl halides is 3. The van der Waals surface area contributed by atoms with E-state index in [4.69, 9.17) is 9.47 Å². The number of hydrogen-bond acceptors (Lipinski definition) is 4. The molecule has 9 heteroatoms. The van der Waals surface area contributed by atoms with Gasteiger partial charge in [-0.25, -0.2) is 0 Å². The quantitative estimate of drug-likeness (QED) is 0.692. The third kappa shape index (κ3) is 5.94. The number of hydrogen-bond donors (Lipinski definition) is 1. The van der Waals surface area contributed by atoms with Crippen molar-refractivity contribution in [3.63, 3.8) is 0 Å². The molecular formula is C23H21F3N2O4. The number of methoxy groups -OCH3 is 1. The SMILES string of the molecule is COc1ccc(N2CC(C(=O)NCC#CCOc3cccc(C(F)(F)F)c3)CC2=O)cc1. The number of carbonyl (C=O) groups excluding carboxylic acids is 2. The van der Waals surface area contributed by atoms with Crippen molar-refractivity contribution in [2.24, 2.45) is 5.92 Å². The van der Waals surface area contributed by atoms with Crippen molar-refractivity contribution in [3.8, 4) is 23.3 Å². The molecule has 0 bridgehead atoms. The van der Waals surface area contributed by atoms with Crippen LogP contribution < -0.4 is 19.7 Å². The van der Waals surface area contributed by atoms with Crippen LogP contribution in [0.5, 0.6) is 11.5 Å². The van der Waals surface area contributed by atoms with Crippen molar-refractivity contribution >= 4 is 17.5 Å². The molecule has 1 aliphatic heterocycles. The fourth-order valence-corrected chi connectivity index (χ4v) is 3.17. The molecule has 1 aliphatic rings. The van der Waals surface area contributed by atoms with Crippen LogP contribution in [0.3, 0.4) is 0 Å². The minimum Gasteiger partial charge on any atom is -0.497 e. The number of ether oxygens (including phenoxy) is 2. The Morgan fingerprint density at radius 1 is 1.16 bits per heavy atom. The Balaban J connectivity index is 1.44. The summed E-state index contributed by atoms with van der Waals surface area (Å²) in [6, 6.07) is 11.5. The van der Waals surface area contributed by atoms with E-state index in [9.17, 15) is 22.8 Å². The average molecular weight is 446 g/mol. The molecule has 0 aliphatic carbocycles. The maximum Gasteiger partial charge on any atom is 0.416 e. The number of nitrogens with one attached hydrogen (secondary N) is 1. The van der Waals surface area contributed by atoms with Crippen molar-refractivity contribution in [2.75, 3.05) is 31.7 Å². The standard InChI is InChI=1S/C23H21F3N2O4/c1-31-19-9-7-18(8-10-19)28-15-16(13-21(28)29)22(30)27-11-2-3-12-32-20-6-4-5-17(14-20)23(24,25)26/h4-10,14,16H,11-13,15H2,1H3,(H,27,30). The lowest BCUT2D eigenvalue weighted by Gasteiger charge is -2.16. The Hall–Kier alpha value is -3.67.